The minimum atomic E-state index is -3.94. The van der Waals surface area contributed by atoms with Gasteiger partial charge in [0, 0.05) is 48.9 Å². The highest BCUT2D eigenvalue weighted by molar-refractivity contribution is 7.91. The third-order valence-corrected chi connectivity index (χ3v) is 10.5. The van der Waals surface area contributed by atoms with Crippen LogP contribution in [-0.2, 0) is 9.84 Å². The number of rotatable bonds is 7. The molecule has 9 nitrogen and oxygen atoms in total. The highest BCUT2D eigenvalue weighted by Gasteiger charge is 2.29. The largest absolute Gasteiger partial charge is 0.497 e. The van der Waals surface area contributed by atoms with E-state index in [1.54, 1.807) is 63.0 Å². The molecule has 218 valence electrons. The first-order valence-electron chi connectivity index (χ1n) is 13.3. The summed E-state index contributed by atoms with van der Waals surface area (Å²) >= 11 is 7.82. The van der Waals surface area contributed by atoms with Crippen LogP contribution < -0.4 is 24.0 Å². The summed E-state index contributed by atoms with van der Waals surface area (Å²) in [6, 6.07) is 15.7. The molecule has 0 bridgehead atoms. The number of pyridine rings is 1. The second-order valence-corrected chi connectivity index (χ2v) is 13.2. The molecule has 1 aliphatic rings. The number of nitrogens with zero attached hydrogens (tertiary/aromatic N) is 4. The Morgan fingerprint density at radius 1 is 0.833 bits per heavy atom. The Morgan fingerprint density at radius 3 is 2.29 bits per heavy atom. The normalized spacial score (nSPS) is 14.3. The Bertz CT molecular complexity index is 1880. The summed E-state index contributed by atoms with van der Waals surface area (Å²) in [4.78, 5) is 14.1. The smallest absolute Gasteiger partial charge is 0.210 e. The fourth-order valence-corrected chi connectivity index (χ4v) is 7.97. The quantitative estimate of drug-likeness (QED) is 0.214. The van der Waals surface area contributed by atoms with Crippen LogP contribution in [0.3, 0.4) is 0 Å². The number of hydrogen-bond donors (Lipinski definition) is 0. The van der Waals surface area contributed by atoms with Gasteiger partial charge in [-0.25, -0.2) is 13.4 Å². The molecule has 0 radical (unpaired) electrons. The van der Waals surface area contributed by atoms with Crippen LogP contribution in [0.4, 0.5) is 10.8 Å². The number of thiazole rings is 1. The van der Waals surface area contributed by atoms with Crippen molar-refractivity contribution in [3.05, 3.63) is 65.8 Å². The fourth-order valence-electron chi connectivity index (χ4n) is 5.25. The maximum absolute atomic E-state index is 14.1. The molecule has 0 unspecified atom stereocenters. The second-order valence-electron chi connectivity index (χ2n) is 9.81. The Hall–Kier alpha value is -3.80. The molecule has 1 saturated heterocycles. The van der Waals surface area contributed by atoms with Crippen LogP contribution in [0.15, 0.2) is 70.6 Å². The summed E-state index contributed by atoms with van der Waals surface area (Å²) in [6.45, 7) is 2.67. The predicted octanol–water partition coefficient (Wildman–Crippen LogP) is 6.07. The molecule has 5 aromatic rings. The highest BCUT2D eigenvalue weighted by atomic mass is 35.5. The van der Waals surface area contributed by atoms with Gasteiger partial charge >= 0.3 is 0 Å². The lowest BCUT2D eigenvalue weighted by Gasteiger charge is -2.27. The molecule has 2 aromatic heterocycles. The molecular formula is C30H29ClN4O5S2. The number of ether oxygens (including phenoxy) is 3. The standard InChI is InChI=1S/C30H29ClN4O5S2/c1-38-20-6-8-21(9-7-20)42(36,37)28-18-32-24-17-26(40-3)25(39-2)16-22(24)29(28)34-11-4-12-35(14-13-34)30-33-23-10-5-19(31)15-27(23)41-30/h5-10,15-18H,4,11-14H2,1-3H3. The van der Waals surface area contributed by atoms with E-state index in [1.165, 1.54) is 6.20 Å². The minimum Gasteiger partial charge on any atom is -0.497 e. The molecule has 0 N–H and O–H groups in total. The molecule has 0 saturated carbocycles. The predicted molar refractivity (Wildman–Crippen MR) is 167 cm³/mol. The van der Waals surface area contributed by atoms with Gasteiger partial charge in [0.1, 0.15) is 10.6 Å². The molecule has 6 rings (SSSR count). The lowest BCUT2D eigenvalue weighted by atomic mass is 10.1. The van der Waals surface area contributed by atoms with Crippen molar-refractivity contribution in [1.82, 2.24) is 9.97 Å². The van der Waals surface area contributed by atoms with Crippen molar-refractivity contribution in [2.24, 2.45) is 0 Å². The van der Waals surface area contributed by atoms with E-state index in [9.17, 15) is 8.42 Å². The van der Waals surface area contributed by atoms with Crippen molar-refractivity contribution < 1.29 is 22.6 Å². The topological polar surface area (TPSA) is 94.1 Å². The Balaban J connectivity index is 1.44. The van der Waals surface area contributed by atoms with Crippen LogP contribution in [0, 0.1) is 0 Å². The van der Waals surface area contributed by atoms with Crippen molar-refractivity contribution in [2.45, 2.75) is 16.2 Å². The number of hydrogen-bond acceptors (Lipinski definition) is 10. The molecule has 0 atom stereocenters. The zero-order valence-corrected chi connectivity index (χ0v) is 25.7. The molecule has 3 heterocycles. The molecule has 1 aliphatic heterocycles. The number of halogens is 1. The van der Waals surface area contributed by atoms with Crippen LogP contribution in [0.5, 0.6) is 17.2 Å². The number of anilines is 2. The van der Waals surface area contributed by atoms with E-state index < -0.39 is 9.84 Å². The van der Waals surface area contributed by atoms with E-state index in [-0.39, 0.29) is 9.79 Å². The average molecular weight is 625 g/mol. The molecular weight excluding hydrogens is 596 g/mol. The number of aromatic nitrogens is 2. The average Bonchev–Trinajstić information content (AvgIpc) is 3.27. The molecule has 3 aromatic carbocycles. The van der Waals surface area contributed by atoms with Gasteiger partial charge in [-0.15, -0.1) is 0 Å². The highest BCUT2D eigenvalue weighted by Crippen LogP contribution is 2.41. The van der Waals surface area contributed by atoms with Crippen molar-refractivity contribution >= 4 is 64.7 Å². The molecule has 0 spiro atoms. The molecule has 1 fully saturated rings. The SMILES string of the molecule is COc1ccc(S(=O)(=O)c2cnc3cc(OC)c(OC)cc3c2N2CCCN(c3nc4ccc(Cl)cc4s3)CC2)cc1. The van der Waals surface area contributed by atoms with Crippen molar-refractivity contribution in [3.63, 3.8) is 0 Å². The van der Waals surface area contributed by atoms with Gasteiger partial charge in [-0.05, 0) is 55.0 Å². The van der Waals surface area contributed by atoms with Crippen LogP contribution in [0.1, 0.15) is 6.42 Å². The fraction of sp³-hybridized carbons (Fsp3) is 0.267. The van der Waals surface area contributed by atoms with Gasteiger partial charge in [-0.1, -0.05) is 22.9 Å². The van der Waals surface area contributed by atoms with Crippen LogP contribution in [0.2, 0.25) is 5.02 Å². The second kappa shape index (κ2) is 11.5. The number of methoxy groups -OCH3 is 3. The zero-order valence-electron chi connectivity index (χ0n) is 23.3. The first-order valence-corrected chi connectivity index (χ1v) is 16.0. The van der Waals surface area contributed by atoms with Crippen molar-refractivity contribution in [2.75, 3.05) is 57.3 Å². The van der Waals surface area contributed by atoms with E-state index in [1.807, 2.05) is 24.3 Å². The van der Waals surface area contributed by atoms with Crippen molar-refractivity contribution in [3.8, 4) is 17.2 Å². The first kappa shape index (κ1) is 28.3. The minimum absolute atomic E-state index is 0.135. The summed E-state index contributed by atoms with van der Waals surface area (Å²) in [5, 5.41) is 2.28. The van der Waals surface area contributed by atoms with Crippen LogP contribution >= 0.6 is 22.9 Å². The van der Waals surface area contributed by atoms with Gasteiger partial charge < -0.3 is 24.0 Å². The summed E-state index contributed by atoms with van der Waals surface area (Å²) in [7, 11) is 0.728. The third kappa shape index (κ3) is 5.16. The van der Waals surface area contributed by atoms with E-state index in [0.717, 1.165) is 28.3 Å². The van der Waals surface area contributed by atoms with Gasteiger partial charge in [0.25, 0.3) is 0 Å². The lowest BCUT2D eigenvalue weighted by molar-refractivity contribution is 0.356. The van der Waals surface area contributed by atoms with E-state index in [4.69, 9.17) is 30.8 Å². The van der Waals surface area contributed by atoms with E-state index in [2.05, 4.69) is 14.8 Å². The number of sulfone groups is 1. The Labute approximate surface area is 253 Å². The molecule has 12 heteroatoms. The molecule has 0 amide bonds. The summed E-state index contributed by atoms with van der Waals surface area (Å²) in [5.41, 5.74) is 2.12. The summed E-state index contributed by atoms with van der Waals surface area (Å²) in [6.07, 6.45) is 2.25. The first-order chi connectivity index (χ1) is 20.3. The third-order valence-electron chi connectivity index (χ3n) is 7.39. The Kier molecular flexibility index (Phi) is 7.73. The van der Waals surface area contributed by atoms with Gasteiger partial charge in [-0.2, -0.15) is 0 Å². The number of fused-ring (bicyclic) bond motifs is 2. The monoisotopic (exact) mass is 624 g/mol. The van der Waals surface area contributed by atoms with Crippen LogP contribution in [0.25, 0.3) is 21.1 Å². The van der Waals surface area contributed by atoms with E-state index in [0.29, 0.717) is 58.5 Å². The maximum Gasteiger partial charge on any atom is 0.210 e. The van der Waals surface area contributed by atoms with Crippen molar-refractivity contribution in [1.29, 1.82) is 0 Å². The number of benzene rings is 3. The lowest BCUT2D eigenvalue weighted by Crippen LogP contribution is -2.31. The summed E-state index contributed by atoms with van der Waals surface area (Å²) in [5.74, 6) is 1.59. The molecule has 42 heavy (non-hydrogen) atoms. The van der Waals surface area contributed by atoms with Gasteiger partial charge in [0.2, 0.25) is 9.84 Å². The van der Waals surface area contributed by atoms with Gasteiger partial charge in [0.05, 0.1) is 47.6 Å². The molecule has 0 aliphatic carbocycles. The van der Waals surface area contributed by atoms with Gasteiger partial charge in [0.15, 0.2) is 16.6 Å². The van der Waals surface area contributed by atoms with Crippen LogP contribution in [-0.4, -0.2) is 65.9 Å². The summed E-state index contributed by atoms with van der Waals surface area (Å²) < 4.78 is 45.6. The zero-order chi connectivity index (χ0) is 29.4. The van der Waals surface area contributed by atoms with Gasteiger partial charge in [-0.3, -0.25) is 4.98 Å². The maximum atomic E-state index is 14.1. The van der Waals surface area contributed by atoms with E-state index >= 15 is 0 Å². The Morgan fingerprint density at radius 2 is 1.55 bits per heavy atom.